The van der Waals surface area contributed by atoms with Crippen molar-refractivity contribution in [3.63, 3.8) is 0 Å². The maximum atomic E-state index is 6.55. The predicted octanol–water partition coefficient (Wildman–Crippen LogP) is 9.39. The van der Waals surface area contributed by atoms with Crippen LogP contribution in [-0.4, -0.2) is 24.2 Å². The third-order valence-corrected chi connectivity index (χ3v) is 12.2. The average Bonchev–Trinajstić information content (AvgIpc) is 3.31. The van der Waals surface area contributed by atoms with Crippen molar-refractivity contribution < 1.29 is 14.3 Å². The van der Waals surface area contributed by atoms with Gasteiger partial charge in [-0.3, -0.25) is 0 Å². The third kappa shape index (κ3) is 5.01. The molecule has 4 aliphatic carbocycles. The summed E-state index contributed by atoms with van der Waals surface area (Å²) in [7, 11) is 0. The van der Waals surface area contributed by atoms with Crippen LogP contribution in [0, 0.1) is 40.4 Å². The molecule has 0 N–H and O–H groups in total. The Kier molecular flexibility index (Phi) is 8.00. The molecule has 0 bridgehead atoms. The number of oxime groups is 1. The minimum atomic E-state index is -0.190. The van der Waals surface area contributed by atoms with E-state index in [1.807, 2.05) is 24.3 Å². The Morgan fingerprint density at radius 2 is 1.90 bits per heavy atom. The van der Waals surface area contributed by atoms with E-state index in [2.05, 4.69) is 58.0 Å². The fraction of sp³-hybridized carbons (Fsp3) is 0.686. The first-order valence-electron chi connectivity index (χ1n) is 15.9. The summed E-state index contributed by atoms with van der Waals surface area (Å²) in [5.41, 5.74) is 3.38. The van der Waals surface area contributed by atoms with E-state index in [4.69, 9.17) is 25.9 Å². The summed E-state index contributed by atoms with van der Waals surface area (Å²) in [5.74, 6) is 3.87. The molecule has 40 heavy (non-hydrogen) atoms. The zero-order chi connectivity index (χ0) is 28.1. The highest BCUT2D eigenvalue weighted by atomic mass is 35.5. The van der Waals surface area contributed by atoms with E-state index in [-0.39, 0.29) is 23.9 Å². The number of nitrogens with zero attached hydrogens (tertiary/aromatic N) is 1. The fourth-order valence-electron chi connectivity index (χ4n) is 9.60. The van der Waals surface area contributed by atoms with Gasteiger partial charge in [0.05, 0.1) is 22.9 Å². The number of allylic oxidation sites excluding steroid dienone is 1. The van der Waals surface area contributed by atoms with Gasteiger partial charge in [0, 0.05) is 11.8 Å². The molecule has 0 radical (unpaired) electrons. The first kappa shape index (κ1) is 28.5. The zero-order valence-corrected chi connectivity index (χ0v) is 25.8. The second kappa shape index (κ2) is 11.2. The van der Waals surface area contributed by atoms with E-state index in [1.54, 1.807) is 5.57 Å². The summed E-state index contributed by atoms with van der Waals surface area (Å²) in [6, 6.07) is 7.59. The summed E-state index contributed by atoms with van der Waals surface area (Å²) >= 11 is 6.31. The predicted molar refractivity (Wildman–Crippen MR) is 163 cm³/mol. The molecule has 3 saturated carbocycles. The smallest absolute Gasteiger partial charge is 0.177 e. The minimum absolute atomic E-state index is 0.190. The number of fused-ring (bicyclic) bond motifs is 5. The van der Waals surface area contributed by atoms with Crippen molar-refractivity contribution in [1.82, 2.24) is 0 Å². The van der Waals surface area contributed by atoms with E-state index in [0.29, 0.717) is 28.0 Å². The van der Waals surface area contributed by atoms with E-state index in [0.717, 1.165) is 42.7 Å². The summed E-state index contributed by atoms with van der Waals surface area (Å²) in [6.07, 6.45) is 18.2. The fourth-order valence-corrected chi connectivity index (χ4v) is 9.77. The molecule has 0 saturated heterocycles. The number of benzene rings is 1. The summed E-state index contributed by atoms with van der Waals surface area (Å²) < 4.78 is 12.8. The standard InChI is InChI=1S/C35H48ClNO3/c1-6-31-22(2)11-16-33(39-31)38-25-17-19-34(4)24(21-25)12-13-26-28-15-14-27(35(28,5)20-18-29(26)34)23(3)37-40-32-10-8-7-9-30(32)36/h7-12,16,22,25-29,31,33H,6,13-15,17-21H2,1-5H3/b37-23+/t22-,25-,26?,27+,28?,29?,31+,33?,34-,35+/m0/s1. The van der Waals surface area contributed by atoms with Gasteiger partial charge in [-0.05, 0) is 112 Å². The topological polar surface area (TPSA) is 40.0 Å². The van der Waals surface area contributed by atoms with E-state index in [9.17, 15) is 0 Å². The van der Waals surface area contributed by atoms with Crippen LogP contribution in [0.4, 0.5) is 0 Å². The van der Waals surface area contributed by atoms with Gasteiger partial charge in [0.15, 0.2) is 12.0 Å². The lowest BCUT2D eigenvalue weighted by Crippen LogP contribution is -2.51. The van der Waals surface area contributed by atoms with Crippen LogP contribution in [0.2, 0.25) is 5.02 Å². The molecular weight excluding hydrogens is 518 g/mol. The van der Waals surface area contributed by atoms with Gasteiger partial charge in [-0.2, -0.15) is 0 Å². The Bertz CT molecular complexity index is 1180. The molecule has 10 atom stereocenters. The highest BCUT2D eigenvalue weighted by molar-refractivity contribution is 6.32. The molecule has 0 amide bonds. The van der Waals surface area contributed by atoms with Crippen LogP contribution in [0.5, 0.6) is 5.75 Å². The molecule has 5 aliphatic rings. The van der Waals surface area contributed by atoms with Gasteiger partial charge in [-0.15, -0.1) is 0 Å². The number of para-hydroxylation sites is 1. The lowest BCUT2D eigenvalue weighted by atomic mass is 9.47. The van der Waals surface area contributed by atoms with Gasteiger partial charge in [0.1, 0.15) is 0 Å². The van der Waals surface area contributed by atoms with E-state index in [1.165, 1.54) is 38.5 Å². The summed E-state index contributed by atoms with van der Waals surface area (Å²) in [4.78, 5) is 5.83. The number of rotatable bonds is 6. The normalized spacial score (nSPS) is 43.0. The third-order valence-electron chi connectivity index (χ3n) is 11.9. The van der Waals surface area contributed by atoms with Crippen LogP contribution in [0.15, 0.2) is 53.2 Å². The molecule has 5 heteroatoms. The average molecular weight is 566 g/mol. The van der Waals surface area contributed by atoms with E-state index >= 15 is 0 Å². The first-order valence-corrected chi connectivity index (χ1v) is 16.3. The van der Waals surface area contributed by atoms with Gasteiger partial charge in [-0.25, -0.2) is 0 Å². The van der Waals surface area contributed by atoms with Crippen LogP contribution in [0.25, 0.3) is 0 Å². The van der Waals surface area contributed by atoms with Crippen molar-refractivity contribution in [3.8, 4) is 5.75 Å². The molecule has 3 fully saturated rings. The zero-order valence-electron chi connectivity index (χ0n) is 25.1. The Labute approximate surface area is 246 Å². The van der Waals surface area contributed by atoms with Crippen molar-refractivity contribution in [2.75, 3.05) is 0 Å². The molecule has 1 heterocycles. The summed E-state index contributed by atoms with van der Waals surface area (Å²) in [5, 5.41) is 5.23. The van der Waals surface area contributed by atoms with Crippen molar-refractivity contribution in [2.45, 2.75) is 111 Å². The van der Waals surface area contributed by atoms with Crippen LogP contribution < -0.4 is 4.84 Å². The lowest BCUT2D eigenvalue weighted by molar-refractivity contribution is -0.188. The second-order valence-electron chi connectivity index (χ2n) is 13.9. The van der Waals surface area contributed by atoms with Crippen molar-refractivity contribution in [3.05, 3.63) is 53.1 Å². The largest absolute Gasteiger partial charge is 0.355 e. The molecule has 0 spiro atoms. The molecule has 1 aromatic carbocycles. The Hall–Kier alpha value is -1.62. The van der Waals surface area contributed by atoms with Gasteiger partial charge in [0.25, 0.3) is 0 Å². The van der Waals surface area contributed by atoms with Crippen LogP contribution in [-0.2, 0) is 9.47 Å². The van der Waals surface area contributed by atoms with Gasteiger partial charge >= 0.3 is 0 Å². The Balaban J connectivity index is 1.13. The minimum Gasteiger partial charge on any atom is -0.355 e. The molecule has 218 valence electrons. The number of ether oxygens (including phenoxy) is 2. The monoisotopic (exact) mass is 565 g/mol. The highest BCUT2D eigenvalue weighted by Gasteiger charge is 2.59. The van der Waals surface area contributed by atoms with Gasteiger partial charge in [-0.1, -0.05) is 74.3 Å². The second-order valence-corrected chi connectivity index (χ2v) is 14.3. The van der Waals surface area contributed by atoms with Gasteiger partial charge in [0.2, 0.25) is 0 Å². The molecule has 6 rings (SSSR count). The number of halogens is 1. The maximum absolute atomic E-state index is 6.55. The quantitative estimate of drug-likeness (QED) is 0.196. The highest BCUT2D eigenvalue weighted by Crippen LogP contribution is 2.66. The molecule has 1 aromatic rings. The Morgan fingerprint density at radius 1 is 1.07 bits per heavy atom. The summed E-state index contributed by atoms with van der Waals surface area (Å²) in [6.45, 7) is 11.7. The molecule has 4 unspecified atom stereocenters. The van der Waals surface area contributed by atoms with Crippen LogP contribution in [0.1, 0.15) is 92.4 Å². The van der Waals surface area contributed by atoms with E-state index < -0.39 is 0 Å². The van der Waals surface area contributed by atoms with Crippen LogP contribution >= 0.6 is 11.6 Å². The molecule has 1 aliphatic heterocycles. The molecule has 4 nitrogen and oxygen atoms in total. The van der Waals surface area contributed by atoms with Gasteiger partial charge < -0.3 is 14.3 Å². The SMILES string of the molecule is CC[C@H]1OC(O[C@H]2CC[C@@]3(C)C(=CCC4C3CC[C@@]3(C)C4CC[C@@H]3/C(C)=N/Oc3ccccc3Cl)C2)C=C[C@@H]1C. The first-order chi connectivity index (χ1) is 19.2. The van der Waals surface area contributed by atoms with Crippen molar-refractivity contribution in [2.24, 2.45) is 45.6 Å². The lowest BCUT2D eigenvalue weighted by Gasteiger charge is -2.58. The molecular formula is C35H48ClNO3. The number of hydrogen-bond donors (Lipinski definition) is 0. The van der Waals surface area contributed by atoms with Crippen molar-refractivity contribution in [1.29, 1.82) is 0 Å². The van der Waals surface area contributed by atoms with Crippen LogP contribution in [0.3, 0.4) is 0 Å². The molecule has 0 aromatic heterocycles. The Morgan fingerprint density at radius 3 is 2.70 bits per heavy atom. The van der Waals surface area contributed by atoms with Crippen molar-refractivity contribution >= 4 is 17.3 Å². The number of hydrogen-bond acceptors (Lipinski definition) is 4. The maximum Gasteiger partial charge on any atom is 0.177 e.